The van der Waals surface area contributed by atoms with Crippen LogP contribution in [0, 0.1) is 0 Å². The molecule has 0 aromatic carbocycles. The smallest absolute Gasteiger partial charge is 0 e. The summed E-state index contributed by atoms with van der Waals surface area (Å²) in [6.45, 7) is 0. The fourth-order valence-electron chi connectivity index (χ4n) is 0. The van der Waals surface area contributed by atoms with Crippen molar-refractivity contribution in [1.82, 2.24) is 0 Å². The maximum Gasteiger partial charge on any atom is 0 e. The van der Waals surface area contributed by atoms with Crippen LogP contribution in [-0.4, -0.2) is 40.7 Å². The van der Waals surface area contributed by atoms with E-state index < -0.39 is 0 Å². The van der Waals surface area contributed by atoms with Crippen molar-refractivity contribution in [2.45, 2.75) is 0 Å². The molecule has 0 N–H and O–H groups in total. The van der Waals surface area contributed by atoms with Gasteiger partial charge in [0.15, 0.2) is 0 Å². The molecule has 0 spiro atoms. The summed E-state index contributed by atoms with van der Waals surface area (Å²) in [4.78, 5) is 0. The van der Waals surface area contributed by atoms with E-state index in [1.54, 1.807) is 0 Å². The van der Waals surface area contributed by atoms with Gasteiger partial charge in [0, 0.05) is 63.1 Å². The largest absolute Gasteiger partial charge is 0.197 e. The SMILES string of the molecule is S.[Au].[Se].[Te]. The molecule has 0 aliphatic carbocycles. The molecular weight excluding hydrogens is 436 g/mol. The minimum Gasteiger partial charge on any atom is -0.197 e. The standard InChI is InChI=1S/Au.H2S.Se.Te/h;1H2;;. The van der Waals surface area contributed by atoms with E-state index in [0.717, 1.165) is 0 Å². The third-order valence-corrected chi connectivity index (χ3v) is 0. The Bertz CT molecular complexity index is 8.00. The van der Waals surface area contributed by atoms with Gasteiger partial charge in [0.05, 0.1) is 0 Å². The molecule has 0 aliphatic heterocycles. The molecule has 0 saturated heterocycles. The van der Waals surface area contributed by atoms with Gasteiger partial charge in [0.25, 0.3) is 0 Å². The Kier molecular flexibility index (Phi) is 147. The van der Waals surface area contributed by atoms with Crippen molar-refractivity contribution < 1.29 is 22.4 Å². The van der Waals surface area contributed by atoms with Crippen molar-refractivity contribution in [2.75, 3.05) is 0 Å². The summed E-state index contributed by atoms with van der Waals surface area (Å²) in [5.41, 5.74) is 0. The van der Waals surface area contributed by atoms with E-state index >= 15 is 0 Å². The van der Waals surface area contributed by atoms with E-state index in [0.29, 0.717) is 0 Å². The van der Waals surface area contributed by atoms with Gasteiger partial charge in [-0.1, -0.05) is 0 Å². The zero-order chi connectivity index (χ0) is 0. The summed E-state index contributed by atoms with van der Waals surface area (Å²) >= 11 is 0. The van der Waals surface area contributed by atoms with Gasteiger partial charge in [0.2, 0.25) is 0 Å². The number of rotatable bonds is 0. The van der Waals surface area contributed by atoms with Crippen LogP contribution in [0.4, 0.5) is 0 Å². The van der Waals surface area contributed by atoms with Crippen molar-refractivity contribution in [3.63, 3.8) is 0 Å². The monoisotopic (exact) mass is 441 g/mol. The van der Waals surface area contributed by atoms with Crippen molar-refractivity contribution in [1.29, 1.82) is 0 Å². The molecule has 0 aliphatic rings. The molecule has 4 heteroatoms. The van der Waals surface area contributed by atoms with Crippen molar-refractivity contribution in [2.24, 2.45) is 0 Å². The molecule has 0 unspecified atom stereocenters. The third-order valence-electron chi connectivity index (χ3n) is 0. The Morgan fingerprint density at radius 2 is 1.00 bits per heavy atom. The van der Waals surface area contributed by atoms with Crippen molar-refractivity contribution in [3.05, 3.63) is 0 Å². The normalized spacial score (nSPS) is 0. The first kappa shape index (κ1) is 32.4. The van der Waals surface area contributed by atoms with Gasteiger partial charge >= 0.3 is 0 Å². The number of hydrogen-bond donors (Lipinski definition) is 0. The predicted molar refractivity (Wildman–Crippen MR) is 21.9 cm³/mol. The summed E-state index contributed by atoms with van der Waals surface area (Å²) in [7, 11) is 0. The summed E-state index contributed by atoms with van der Waals surface area (Å²) in [6, 6.07) is 0. The Hall–Kier alpha value is 2.40. The quantitative estimate of drug-likeness (QED) is 0.442. The van der Waals surface area contributed by atoms with Gasteiger partial charge in [-0.3, -0.25) is 0 Å². The van der Waals surface area contributed by atoms with Crippen LogP contribution in [0.3, 0.4) is 0 Å². The van der Waals surface area contributed by atoms with Crippen LogP contribution in [0.5, 0.6) is 0 Å². The Morgan fingerprint density at radius 3 is 1.00 bits per heavy atom. The molecule has 0 bridgehead atoms. The fourth-order valence-corrected chi connectivity index (χ4v) is 0. The molecule has 0 rings (SSSR count). The van der Waals surface area contributed by atoms with Crippen LogP contribution in [-0.2, 0) is 22.4 Å². The first-order valence-corrected chi connectivity index (χ1v) is 0. The fraction of sp³-hybridized carbons (Fsp3) is 0. The molecule has 5 radical (unpaired) electrons. The molecule has 0 fully saturated rings. The summed E-state index contributed by atoms with van der Waals surface area (Å²) in [5.74, 6) is 0. The van der Waals surface area contributed by atoms with Gasteiger partial charge in [-0.15, -0.1) is 0 Å². The summed E-state index contributed by atoms with van der Waals surface area (Å²) in [6.07, 6.45) is 0. The second kappa shape index (κ2) is 18.2. The first-order chi connectivity index (χ1) is 0. The van der Waals surface area contributed by atoms with Gasteiger partial charge in [-0.2, -0.15) is 13.5 Å². The predicted octanol–water partition coefficient (Wildman–Crippen LogP) is -0.651. The van der Waals surface area contributed by atoms with Crippen LogP contribution in [0.25, 0.3) is 0 Å². The topological polar surface area (TPSA) is 0 Å². The summed E-state index contributed by atoms with van der Waals surface area (Å²) < 4.78 is 0. The molecule has 0 aromatic rings. The van der Waals surface area contributed by atoms with E-state index in [2.05, 4.69) is 0 Å². The molecule has 4 heavy (non-hydrogen) atoms. The second-order valence-corrected chi connectivity index (χ2v) is 0. The molecule has 0 atom stereocenters. The summed E-state index contributed by atoms with van der Waals surface area (Å²) in [5, 5.41) is 0. The molecule has 0 amide bonds. The van der Waals surface area contributed by atoms with Gasteiger partial charge in [0.1, 0.15) is 0 Å². The zero-order valence-corrected chi connectivity index (χ0v) is 8.83. The Balaban J connectivity index is 0. The minimum atomic E-state index is 0. The van der Waals surface area contributed by atoms with E-state index in [1.165, 1.54) is 0 Å². The molecule has 0 aromatic heterocycles. The van der Waals surface area contributed by atoms with E-state index in [4.69, 9.17) is 0 Å². The molecule has 31 valence electrons. The van der Waals surface area contributed by atoms with E-state index in [9.17, 15) is 0 Å². The van der Waals surface area contributed by atoms with Crippen LogP contribution in [0.1, 0.15) is 0 Å². The Morgan fingerprint density at radius 1 is 1.00 bits per heavy atom. The maximum absolute atomic E-state index is 0. The molecule has 0 heterocycles. The molecule has 0 saturated carbocycles. The van der Waals surface area contributed by atoms with Crippen LogP contribution in [0.2, 0.25) is 0 Å². The maximum atomic E-state index is 0. The van der Waals surface area contributed by atoms with E-state index in [-0.39, 0.29) is 76.6 Å². The second-order valence-electron chi connectivity index (χ2n) is 0. The first-order valence-electron chi connectivity index (χ1n) is 0. The average Bonchev–Trinajstić information content (AvgIpc) is 0. The van der Waals surface area contributed by atoms with Crippen molar-refractivity contribution >= 4 is 54.2 Å². The Labute approximate surface area is 75.6 Å². The van der Waals surface area contributed by atoms with Crippen molar-refractivity contribution in [3.8, 4) is 0 Å². The van der Waals surface area contributed by atoms with Crippen LogP contribution < -0.4 is 0 Å². The third kappa shape index (κ3) is 8.83. The van der Waals surface area contributed by atoms with E-state index in [1.807, 2.05) is 0 Å². The van der Waals surface area contributed by atoms with Gasteiger partial charge in [-0.25, -0.2) is 0 Å². The average molecular weight is 438 g/mol. The van der Waals surface area contributed by atoms with Crippen LogP contribution >= 0.6 is 13.5 Å². The minimum absolute atomic E-state index is 0. The van der Waals surface area contributed by atoms with Crippen LogP contribution in [0.15, 0.2) is 0 Å². The molecule has 0 nitrogen and oxygen atoms in total. The number of hydrogen-bond acceptors (Lipinski definition) is 0. The van der Waals surface area contributed by atoms with Gasteiger partial charge < -0.3 is 0 Å². The zero-order valence-electron chi connectivity index (χ0n) is 1.62. The molecular formula is H2AuSSeTe. The van der Waals surface area contributed by atoms with Gasteiger partial charge in [-0.05, 0) is 0 Å².